The Morgan fingerprint density at radius 2 is 1.60 bits per heavy atom. The summed E-state index contributed by atoms with van der Waals surface area (Å²) in [5.74, 6) is -0.690. The Hall–Kier alpha value is -1.02. The van der Waals surface area contributed by atoms with Crippen LogP contribution in [-0.2, 0) is 25.6 Å². The van der Waals surface area contributed by atoms with E-state index in [9.17, 15) is 5.11 Å². The first-order valence-corrected chi connectivity index (χ1v) is 14.0. The van der Waals surface area contributed by atoms with Gasteiger partial charge >= 0.3 is 0 Å². The first-order chi connectivity index (χ1) is 17.0. The van der Waals surface area contributed by atoms with Gasteiger partial charge in [0.1, 0.15) is 18.3 Å². The molecule has 0 aromatic heterocycles. The summed E-state index contributed by atoms with van der Waals surface area (Å²) in [6.07, 6.45) is 12.6. The molecule has 1 aromatic carbocycles. The van der Waals surface area contributed by atoms with Crippen LogP contribution in [0.1, 0.15) is 97.0 Å². The molecular weight excluding hydrogens is 442 g/mol. The molecule has 0 spiro atoms. The highest BCUT2D eigenvalue weighted by molar-refractivity contribution is 5.13. The number of benzene rings is 1. The quantitative estimate of drug-likeness (QED) is 0.256. The molecule has 6 heteroatoms. The second-order valence-electron chi connectivity index (χ2n) is 10.6. The molecule has 0 radical (unpaired) electrons. The van der Waals surface area contributed by atoms with Gasteiger partial charge in [-0.15, -0.1) is 0 Å². The normalized spacial score (nSPS) is 26.2. The molecule has 5 atom stereocenters. The molecule has 2 saturated heterocycles. The Labute approximate surface area is 213 Å². The molecule has 0 saturated carbocycles. The summed E-state index contributed by atoms with van der Waals surface area (Å²) < 4.78 is 24.9. The van der Waals surface area contributed by atoms with Gasteiger partial charge in [-0.25, -0.2) is 0 Å². The van der Waals surface area contributed by atoms with E-state index in [0.717, 1.165) is 18.5 Å². The second-order valence-corrected chi connectivity index (χ2v) is 10.6. The van der Waals surface area contributed by atoms with Crippen LogP contribution in [0.3, 0.4) is 0 Å². The minimum Gasteiger partial charge on any atom is -0.396 e. The van der Waals surface area contributed by atoms with Crippen LogP contribution in [0.4, 0.5) is 0 Å². The van der Waals surface area contributed by atoms with E-state index in [-0.39, 0.29) is 31.0 Å². The molecule has 2 N–H and O–H groups in total. The fraction of sp³-hybridized carbons (Fsp3) is 0.793. The van der Waals surface area contributed by atoms with E-state index in [1.165, 1.54) is 57.8 Å². The smallest absolute Gasteiger partial charge is 0.190 e. The average Bonchev–Trinajstić information content (AvgIpc) is 3.32. The van der Waals surface area contributed by atoms with Crippen molar-refractivity contribution in [2.75, 3.05) is 13.2 Å². The Morgan fingerprint density at radius 1 is 0.943 bits per heavy atom. The Kier molecular flexibility index (Phi) is 12.5. The van der Waals surface area contributed by atoms with Gasteiger partial charge in [0.2, 0.25) is 0 Å². The predicted octanol–water partition coefficient (Wildman–Crippen LogP) is 5.71. The van der Waals surface area contributed by atoms with Crippen molar-refractivity contribution in [3.05, 3.63) is 35.9 Å². The predicted molar refractivity (Wildman–Crippen MR) is 139 cm³/mol. The Balaban J connectivity index is 1.45. The van der Waals surface area contributed by atoms with Crippen LogP contribution >= 0.6 is 0 Å². The number of ether oxygens (including phenoxy) is 4. The van der Waals surface area contributed by atoms with Gasteiger partial charge in [0.15, 0.2) is 12.1 Å². The van der Waals surface area contributed by atoms with Crippen LogP contribution in [0.2, 0.25) is 0 Å². The van der Waals surface area contributed by atoms with Crippen molar-refractivity contribution < 1.29 is 24.1 Å². The van der Waals surface area contributed by atoms with E-state index >= 15 is 0 Å². The summed E-state index contributed by atoms with van der Waals surface area (Å²) >= 11 is 0. The number of rotatable bonds is 18. The number of aliphatic hydroxyl groups excluding tert-OH is 1. The van der Waals surface area contributed by atoms with Gasteiger partial charge in [0.25, 0.3) is 0 Å². The summed E-state index contributed by atoms with van der Waals surface area (Å²) in [7, 11) is 0. The lowest BCUT2D eigenvalue weighted by molar-refractivity contribution is -0.222. The van der Waals surface area contributed by atoms with Crippen LogP contribution in [0.15, 0.2) is 30.3 Å². The van der Waals surface area contributed by atoms with Gasteiger partial charge in [-0.3, -0.25) is 0 Å². The highest BCUT2D eigenvalue weighted by atomic mass is 16.8. The number of hydrogen-bond acceptors (Lipinski definition) is 6. The highest BCUT2D eigenvalue weighted by Crippen LogP contribution is 2.40. The molecule has 1 aromatic rings. The Morgan fingerprint density at radius 3 is 2.26 bits per heavy atom. The van der Waals surface area contributed by atoms with Crippen molar-refractivity contribution in [2.45, 2.75) is 134 Å². The average molecular weight is 492 g/mol. The van der Waals surface area contributed by atoms with Crippen molar-refractivity contribution >= 4 is 0 Å². The topological polar surface area (TPSA) is 69.2 Å². The van der Waals surface area contributed by atoms with Crippen molar-refractivity contribution in [1.82, 2.24) is 5.32 Å². The summed E-state index contributed by atoms with van der Waals surface area (Å²) in [5.41, 5.74) is 1.12. The van der Waals surface area contributed by atoms with Gasteiger partial charge in [-0.05, 0) is 38.8 Å². The molecule has 0 amide bonds. The first kappa shape index (κ1) is 28.5. The van der Waals surface area contributed by atoms with Crippen LogP contribution in [-0.4, -0.2) is 54.7 Å². The number of aliphatic hydroxyl groups is 1. The summed E-state index contributed by atoms with van der Waals surface area (Å²) in [6.45, 7) is 7.59. The monoisotopic (exact) mass is 491 g/mol. The summed E-state index contributed by atoms with van der Waals surface area (Å²) in [5, 5.41) is 13.4. The van der Waals surface area contributed by atoms with Crippen LogP contribution in [0.5, 0.6) is 0 Å². The lowest BCUT2D eigenvalue weighted by Crippen LogP contribution is -2.49. The third-order valence-electron chi connectivity index (χ3n) is 7.09. The molecule has 2 fully saturated rings. The van der Waals surface area contributed by atoms with Gasteiger partial charge < -0.3 is 29.4 Å². The number of fused-ring (bicyclic) bond motifs is 1. The van der Waals surface area contributed by atoms with Crippen molar-refractivity contribution in [1.29, 1.82) is 0 Å². The summed E-state index contributed by atoms with van der Waals surface area (Å²) in [4.78, 5) is 0. The number of nitrogens with one attached hydrogen (secondary N) is 1. The Bertz CT molecular complexity index is 685. The number of hydrogen-bond donors (Lipinski definition) is 2. The minimum atomic E-state index is -0.690. The van der Waals surface area contributed by atoms with E-state index in [0.29, 0.717) is 13.0 Å². The molecule has 2 heterocycles. The van der Waals surface area contributed by atoms with Gasteiger partial charge in [0, 0.05) is 12.6 Å². The lowest BCUT2D eigenvalue weighted by atomic mass is 10.00. The van der Waals surface area contributed by atoms with E-state index in [4.69, 9.17) is 18.9 Å². The second kappa shape index (κ2) is 15.3. The molecule has 0 bridgehead atoms. The third-order valence-corrected chi connectivity index (χ3v) is 7.09. The zero-order valence-electron chi connectivity index (χ0n) is 22.3. The molecule has 2 aliphatic heterocycles. The van der Waals surface area contributed by atoms with E-state index in [1.54, 1.807) is 0 Å². The molecule has 2 aliphatic rings. The molecule has 2 unspecified atom stereocenters. The van der Waals surface area contributed by atoms with Crippen molar-refractivity contribution in [2.24, 2.45) is 0 Å². The number of unbranched alkanes of at least 4 members (excludes halogenated alkanes) is 9. The summed E-state index contributed by atoms with van der Waals surface area (Å²) in [6, 6.07) is 10.2. The SMILES string of the molecule is CCCCCCCCCCCCNC(CCO)C1O[C@H]2OC(C)(C)O[C@H]2[C@@H]1OCc1ccccc1. The van der Waals surface area contributed by atoms with Gasteiger partial charge in [-0.2, -0.15) is 0 Å². The fourth-order valence-corrected chi connectivity index (χ4v) is 5.21. The van der Waals surface area contributed by atoms with Crippen molar-refractivity contribution in [3.63, 3.8) is 0 Å². The highest BCUT2D eigenvalue weighted by Gasteiger charge is 2.56. The zero-order valence-corrected chi connectivity index (χ0v) is 22.3. The zero-order chi connectivity index (χ0) is 24.9. The fourth-order valence-electron chi connectivity index (χ4n) is 5.21. The maximum Gasteiger partial charge on any atom is 0.190 e. The van der Waals surface area contributed by atoms with E-state index < -0.39 is 12.1 Å². The van der Waals surface area contributed by atoms with Crippen LogP contribution in [0, 0.1) is 0 Å². The molecule has 200 valence electrons. The molecule has 0 aliphatic carbocycles. The molecule has 35 heavy (non-hydrogen) atoms. The van der Waals surface area contributed by atoms with Gasteiger partial charge in [-0.1, -0.05) is 95.0 Å². The van der Waals surface area contributed by atoms with E-state index in [1.807, 2.05) is 32.0 Å². The van der Waals surface area contributed by atoms with Crippen molar-refractivity contribution in [3.8, 4) is 0 Å². The first-order valence-electron chi connectivity index (χ1n) is 14.0. The standard InChI is InChI=1S/C29H49NO5/c1-4-5-6-7-8-9-10-11-12-16-20-30-24(19-21-31)25-26(32-22-23-17-14-13-15-18-23)27-28(33-25)35-29(2,3)34-27/h13-15,17-18,24-28,30-31H,4-12,16,19-22H2,1-3H3/t24?,25?,26-,27+,28+/m1/s1. The van der Waals surface area contributed by atoms with E-state index in [2.05, 4.69) is 24.4 Å². The van der Waals surface area contributed by atoms with Gasteiger partial charge in [0.05, 0.1) is 6.61 Å². The maximum atomic E-state index is 9.76. The molecule has 3 rings (SSSR count). The van der Waals surface area contributed by atoms with Crippen LogP contribution in [0.25, 0.3) is 0 Å². The lowest BCUT2D eigenvalue weighted by Gasteiger charge is -2.31. The molecule has 6 nitrogen and oxygen atoms in total. The third kappa shape index (κ3) is 9.42. The van der Waals surface area contributed by atoms with Crippen LogP contribution < -0.4 is 5.32 Å². The maximum absolute atomic E-state index is 9.76. The largest absolute Gasteiger partial charge is 0.396 e. The molecular formula is C29H49NO5. The minimum absolute atomic E-state index is 0.0137.